The number of hydrogen-bond acceptors (Lipinski definition) is 4. The van der Waals surface area contributed by atoms with Gasteiger partial charge in [0.05, 0.1) is 10.7 Å². The predicted octanol–water partition coefficient (Wildman–Crippen LogP) is 4.06. The second kappa shape index (κ2) is 5.37. The monoisotopic (exact) mass is 343 g/mol. The minimum absolute atomic E-state index is 0.549. The molecule has 1 aliphatic heterocycles. The second-order valence-corrected chi connectivity index (χ2v) is 5.96. The van der Waals surface area contributed by atoms with Gasteiger partial charge in [-0.3, -0.25) is 4.57 Å². The number of rotatable bonds is 1. The largest absolute Gasteiger partial charge is 0.264 e. The Morgan fingerprint density at radius 3 is 2.65 bits per heavy atom. The van der Waals surface area contributed by atoms with E-state index in [2.05, 4.69) is 20.7 Å². The molecule has 2 aromatic carbocycles. The highest BCUT2D eigenvalue weighted by Gasteiger charge is 2.23. The fourth-order valence-electron chi connectivity index (χ4n) is 2.64. The van der Waals surface area contributed by atoms with Crippen molar-refractivity contribution in [2.75, 3.05) is 5.43 Å². The smallest absolute Gasteiger partial charge is 0.249 e. The molecule has 1 aliphatic rings. The summed E-state index contributed by atoms with van der Waals surface area (Å²) in [6.45, 7) is 1.89. The van der Waals surface area contributed by atoms with Crippen LogP contribution in [0.15, 0.2) is 47.6 Å². The number of aryl methyl sites for hydroxylation is 1. The number of halogens is 2. The van der Waals surface area contributed by atoms with Gasteiger partial charge in [-0.05, 0) is 31.2 Å². The van der Waals surface area contributed by atoms with Crippen molar-refractivity contribution in [3.63, 3.8) is 0 Å². The fourth-order valence-corrected chi connectivity index (χ4v) is 3.04. The van der Waals surface area contributed by atoms with Gasteiger partial charge in [0.25, 0.3) is 0 Å². The van der Waals surface area contributed by atoms with Gasteiger partial charge in [-0.2, -0.15) is 5.10 Å². The summed E-state index contributed by atoms with van der Waals surface area (Å²) in [5.41, 5.74) is 6.25. The molecule has 0 radical (unpaired) electrons. The van der Waals surface area contributed by atoms with Crippen molar-refractivity contribution in [3.05, 3.63) is 69.5 Å². The first-order valence-electron chi connectivity index (χ1n) is 6.96. The van der Waals surface area contributed by atoms with E-state index in [0.717, 1.165) is 22.6 Å². The molecule has 0 fully saturated rings. The number of hydrazone groups is 1. The van der Waals surface area contributed by atoms with Crippen molar-refractivity contribution < 1.29 is 0 Å². The van der Waals surface area contributed by atoms with Crippen molar-refractivity contribution in [2.24, 2.45) is 5.10 Å². The number of aromatic nitrogens is 3. The SMILES string of the molecule is Cc1nnc2n1-c1ccc(Cl)cc1C(c1ccccc1Cl)=NN2. The van der Waals surface area contributed by atoms with Crippen molar-refractivity contribution in [1.29, 1.82) is 0 Å². The maximum Gasteiger partial charge on any atom is 0.249 e. The minimum Gasteiger partial charge on any atom is -0.264 e. The van der Waals surface area contributed by atoms with Crippen LogP contribution in [0.4, 0.5) is 5.95 Å². The molecule has 1 aromatic heterocycles. The molecule has 2 heterocycles. The average molecular weight is 344 g/mol. The first-order valence-corrected chi connectivity index (χ1v) is 7.71. The van der Waals surface area contributed by atoms with Gasteiger partial charge >= 0.3 is 0 Å². The zero-order valence-corrected chi connectivity index (χ0v) is 13.6. The van der Waals surface area contributed by atoms with Gasteiger partial charge in [-0.15, -0.1) is 10.2 Å². The molecule has 7 heteroatoms. The molecule has 1 N–H and O–H groups in total. The molecule has 5 nitrogen and oxygen atoms in total. The summed E-state index contributed by atoms with van der Waals surface area (Å²) in [4.78, 5) is 0. The van der Waals surface area contributed by atoms with Gasteiger partial charge in [0.2, 0.25) is 5.95 Å². The van der Waals surface area contributed by atoms with Gasteiger partial charge in [0.1, 0.15) is 11.5 Å². The molecule has 0 unspecified atom stereocenters. The number of nitrogens with one attached hydrogen (secondary N) is 1. The van der Waals surface area contributed by atoms with Crippen LogP contribution in [0.3, 0.4) is 0 Å². The van der Waals surface area contributed by atoms with Gasteiger partial charge in [-0.1, -0.05) is 41.4 Å². The molecular formula is C16H11Cl2N5. The summed E-state index contributed by atoms with van der Waals surface area (Å²) >= 11 is 12.6. The Hall–Kier alpha value is -2.37. The molecule has 0 atom stereocenters. The van der Waals surface area contributed by atoms with Crippen LogP contribution in [0.5, 0.6) is 0 Å². The van der Waals surface area contributed by atoms with E-state index < -0.39 is 0 Å². The zero-order chi connectivity index (χ0) is 16.0. The molecule has 0 spiro atoms. The van der Waals surface area contributed by atoms with E-state index in [4.69, 9.17) is 23.2 Å². The molecule has 0 saturated heterocycles. The maximum absolute atomic E-state index is 6.36. The lowest BCUT2D eigenvalue weighted by Crippen LogP contribution is -2.08. The topological polar surface area (TPSA) is 55.1 Å². The Kier molecular flexibility index (Phi) is 3.32. The predicted molar refractivity (Wildman–Crippen MR) is 91.8 cm³/mol. The van der Waals surface area contributed by atoms with E-state index >= 15 is 0 Å². The lowest BCUT2D eigenvalue weighted by Gasteiger charge is -2.12. The number of hydrogen-bond donors (Lipinski definition) is 1. The third-order valence-electron chi connectivity index (χ3n) is 3.68. The molecule has 114 valence electrons. The first kappa shape index (κ1) is 14.2. The third-order valence-corrected chi connectivity index (χ3v) is 4.24. The zero-order valence-electron chi connectivity index (χ0n) is 12.1. The minimum atomic E-state index is 0.549. The van der Waals surface area contributed by atoms with Gasteiger partial charge in [-0.25, -0.2) is 5.43 Å². The molecule has 0 bridgehead atoms. The van der Waals surface area contributed by atoms with Gasteiger partial charge in [0.15, 0.2) is 0 Å². The standard InChI is InChI=1S/C16H11Cl2N5/c1-9-19-21-16-22-20-15(11-4-2-3-5-13(11)18)12-8-10(17)6-7-14(12)23(9)16/h2-8H,1H3,(H,21,22). The van der Waals surface area contributed by atoms with E-state index in [0.29, 0.717) is 21.7 Å². The summed E-state index contributed by atoms with van der Waals surface area (Å²) < 4.78 is 1.90. The number of nitrogens with zero attached hydrogens (tertiary/aromatic N) is 4. The van der Waals surface area contributed by atoms with Crippen molar-refractivity contribution in [1.82, 2.24) is 14.8 Å². The normalized spacial score (nSPS) is 12.7. The molecule has 0 saturated carbocycles. The Bertz CT molecular complexity index is 945. The quantitative estimate of drug-likeness (QED) is 0.724. The second-order valence-electron chi connectivity index (χ2n) is 5.12. The number of anilines is 1. The van der Waals surface area contributed by atoms with E-state index in [1.807, 2.05) is 54.0 Å². The van der Waals surface area contributed by atoms with E-state index in [1.165, 1.54) is 0 Å². The van der Waals surface area contributed by atoms with Crippen LogP contribution in [0.1, 0.15) is 17.0 Å². The maximum atomic E-state index is 6.36. The van der Waals surface area contributed by atoms with Crippen LogP contribution in [0.2, 0.25) is 10.0 Å². The Morgan fingerprint density at radius 2 is 1.83 bits per heavy atom. The molecule has 0 amide bonds. The number of benzene rings is 2. The Morgan fingerprint density at radius 1 is 1.00 bits per heavy atom. The third kappa shape index (κ3) is 2.29. The summed E-state index contributed by atoms with van der Waals surface area (Å²) in [5, 5.41) is 13.9. The van der Waals surface area contributed by atoms with Crippen LogP contribution in [-0.2, 0) is 0 Å². The molecular weight excluding hydrogens is 333 g/mol. The summed E-state index contributed by atoms with van der Waals surface area (Å²) in [7, 11) is 0. The lowest BCUT2D eigenvalue weighted by atomic mass is 10.0. The van der Waals surface area contributed by atoms with Crippen molar-refractivity contribution in [2.45, 2.75) is 6.92 Å². The molecule has 0 aliphatic carbocycles. The van der Waals surface area contributed by atoms with Crippen LogP contribution in [0, 0.1) is 6.92 Å². The summed E-state index contributed by atoms with van der Waals surface area (Å²) in [6, 6.07) is 13.2. The van der Waals surface area contributed by atoms with Gasteiger partial charge < -0.3 is 0 Å². The molecule has 3 aromatic rings. The lowest BCUT2D eigenvalue weighted by molar-refractivity contribution is 0.970. The van der Waals surface area contributed by atoms with Crippen LogP contribution in [-0.4, -0.2) is 20.5 Å². The van der Waals surface area contributed by atoms with E-state index in [1.54, 1.807) is 0 Å². The van der Waals surface area contributed by atoms with Crippen LogP contribution >= 0.6 is 23.2 Å². The Balaban J connectivity index is 2.03. The average Bonchev–Trinajstić information content (AvgIpc) is 2.82. The van der Waals surface area contributed by atoms with E-state index in [9.17, 15) is 0 Å². The molecule has 23 heavy (non-hydrogen) atoms. The number of fused-ring (bicyclic) bond motifs is 3. The highest BCUT2D eigenvalue weighted by molar-refractivity contribution is 6.36. The summed E-state index contributed by atoms with van der Waals surface area (Å²) in [6.07, 6.45) is 0. The van der Waals surface area contributed by atoms with Crippen molar-refractivity contribution in [3.8, 4) is 5.69 Å². The van der Waals surface area contributed by atoms with Crippen LogP contribution < -0.4 is 5.43 Å². The van der Waals surface area contributed by atoms with Gasteiger partial charge in [0, 0.05) is 16.1 Å². The highest BCUT2D eigenvalue weighted by Crippen LogP contribution is 2.30. The highest BCUT2D eigenvalue weighted by atomic mass is 35.5. The van der Waals surface area contributed by atoms with E-state index in [-0.39, 0.29) is 0 Å². The molecule has 4 rings (SSSR count). The first-order chi connectivity index (χ1) is 11.1. The van der Waals surface area contributed by atoms with Crippen molar-refractivity contribution >= 4 is 34.9 Å². The van der Waals surface area contributed by atoms with Crippen LogP contribution in [0.25, 0.3) is 5.69 Å². The Labute approximate surface area is 142 Å². The summed E-state index contributed by atoms with van der Waals surface area (Å²) in [5.74, 6) is 1.31. The fraction of sp³-hybridized carbons (Fsp3) is 0.0625.